The minimum atomic E-state index is -0.805. The van der Waals surface area contributed by atoms with E-state index in [0.29, 0.717) is 17.4 Å². The number of carbonyl (C=O) groups excluding carboxylic acids is 1. The minimum Gasteiger partial charge on any atom is -0.372 e. The summed E-state index contributed by atoms with van der Waals surface area (Å²) in [7, 11) is 0. The van der Waals surface area contributed by atoms with Gasteiger partial charge < -0.3 is 9.21 Å². The van der Waals surface area contributed by atoms with E-state index < -0.39 is 11.4 Å². The van der Waals surface area contributed by atoms with Gasteiger partial charge in [-0.1, -0.05) is 17.9 Å². The van der Waals surface area contributed by atoms with Gasteiger partial charge in [0.05, 0.1) is 17.3 Å². The number of rotatable bonds is 1. The lowest BCUT2D eigenvalue weighted by molar-refractivity contribution is -0.107. The van der Waals surface area contributed by atoms with Crippen LogP contribution in [-0.2, 0) is 4.79 Å². The van der Waals surface area contributed by atoms with Gasteiger partial charge in [-0.25, -0.2) is 9.59 Å². The highest BCUT2D eigenvalue weighted by Gasteiger charge is 2.05. The number of H-pyrrole nitrogens is 1. The van der Waals surface area contributed by atoms with Crippen LogP contribution < -0.4 is 11.4 Å². The number of benzene rings is 1. The Balaban J connectivity index is 2.74. The molecule has 0 amide bonds. The fraction of sp³-hybridized carbons (Fsp3) is 0.0833. The van der Waals surface area contributed by atoms with Crippen LogP contribution in [0.3, 0.4) is 0 Å². The second-order valence-electron chi connectivity index (χ2n) is 3.20. The topological polar surface area (TPSA) is 80.1 Å². The lowest BCUT2D eigenvalue weighted by Crippen LogP contribution is -2.15. The maximum Gasteiger partial charge on any atom is 0.419 e. The van der Waals surface area contributed by atoms with Crippen molar-refractivity contribution in [2.75, 3.05) is 0 Å². The zero-order chi connectivity index (χ0) is 12.3. The van der Waals surface area contributed by atoms with Crippen LogP contribution in [0.1, 0.15) is 12.0 Å². The van der Waals surface area contributed by atoms with Crippen molar-refractivity contribution in [1.82, 2.24) is 4.98 Å². The van der Waals surface area contributed by atoms with Crippen LogP contribution in [0.15, 0.2) is 32.2 Å². The van der Waals surface area contributed by atoms with Gasteiger partial charge in [-0.15, -0.1) is 0 Å². The summed E-state index contributed by atoms with van der Waals surface area (Å²) in [6.45, 7) is 0. The smallest absolute Gasteiger partial charge is 0.372 e. The van der Waals surface area contributed by atoms with Crippen LogP contribution >= 0.6 is 0 Å². The second-order valence-corrected chi connectivity index (χ2v) is 3.20. The molecule has 1 heterocycles. The molecule has 1 aromatic carbocycles. The Morgan fingerprint density at radius 3 is 2.94 bits per heavy atom. The monoisotopic (exact) mass is 229 g/mol. The largest absolute Gasteiger partial charge is 0.419 e. The third kappa shape index (κ3) is 2.16. The molecule has 0 spiro atoms. The maximum absolute atomic E-state index is 11.5. The number of fused-ring (bicyclic) bond motifs is 1. The number of aldehydes is 1. The zero-order valence-corrected chi connectivity index (χ0v) is 8.65. The number of carbonyl (C=O) groups is 1. The summed E-state index contributed by atoms with van der Waals surface area (Å²) >= 11 is 0. The molecule has 5 heteroatoms. The highest BCUT2D eigenvalue weighted by atomic mass is 16.4. The van der Waals surface area contributed by atoms with Gasteiger partial charge in [-0.3, -0.25) is 4.98 Å². The summed E-state index contributed by atoms with van der Waals surface area (Å²) in [6, 6.07) is 4.86. The van der Waals surface area contributed by atoms with Crippen molar-refractivity contribution in [3.63, 3.8) is 0 Å². The first-order valence-corrected chi connectivity index (χ1v) is 4.81. The molecule has 0 aliphatic carbocycles. The molecule has 0 fully saturated rings. The van der Waals surface area contributed by atoms with E-state index in [4.69, 9.17) is 0 Å². The van der Waals surface area contributed by atoms with Crippen molar-refractivity contribution in [3.8, 4) is 11.8 Å². The van der Waals surface area contributed by atoms with Crippen molar-refractivity contribution in [2.45, 2.75) is 6.42 Å². The third-order valence-corrected chi connectivity index (χ3v) is 2.10. The van der Waals surface area contributed by atoms with Crippen molar-refractivity contribution in [1.29, 1.82) is 0 Å². The van der Waals surface area contributed by atoms with Crippen LogP contribution in [0, 0.1) is 11.8 Å². The van der Waals surface area contributed by atoms with Gasteiger partial charge in [0, 0.05) is 5.56 Å². The summed E-state index contributed by atoms with van der Waals surface area (Å²) in [5, 5.41) is 0.213. The molecule has 0 saturated carbocycles. The SMILES string of the molecule is O=CCC#Cc1cccc2[nH]c(=O)oc(=O)c12. The van der Waals surface area contributed by atoms with E-state index in [2.05, 4.69) is 21.2 Å². The van der Waals surface area contributed by atoms with Crippen molar-refractivity contribution < 1.29 is 9.21 Å². The summed E-state index contributed by atoms with van der Waals surface area (Å²) in [5.74, 6) is 4.48. The van der Waals surface area contributed by atoms with Gasteiger partial charge in [-0.2, -0.15) is 0 Å². The molecule has 1 N–H and O–H groups in total. The van der Waals surface area contributed by atoms with E-state index >= 15 is 0 Å². The lowest BCUT2D eigenvalue weighted by Gasteiger charge is -1.97. The molecule has 0 bridgehead atoms. The Hall–Kier alpha value is -2.61. The highest BCUT2D eigenvalue weighted by molar-refractivity contribution is 5.83. The number of hydrogen-bond donors (Lipinski definition) is 1. The molecule has 0 aliphatic heterocycles. The third-order valence-electron chi connectivity index (χ3n) is 2.10. The first kappa shape index (κ1) is 10.9. The van der Waals surface area contributed by atoms with Crippen LogP contribution in [0.4, 0.5) is 0 Å². The molecule has 17 heavy (non-hydrogen) atoms. The van der Waals surface area contributed by atoms with Crippen LogP contribution in [0.2, 0.25) is 0 Å². The number of aromatic amines is 1. The van der Waals surface area contributed by atoms with E-state index in [1.54, 1.807) is 18.2 Å². The van der Waals surface area contributed by atoms with E-state index in [-0.39, 0.29) is 11.8 Å². The zero-order valence-electron chi connectivity index (χ0n) is 8.65. The Bertz CT molecular complexity index is 743. The molecule has 0 saturated heterocycles. The van der Waals surface area contributed by atoms with Gasteiger partial charge in [0.2, 0.25) is 0 Å². The van der Waals surface area contributed by atoms with Gasteiger partial charge in [-0.05, 0) is 12.1 Å². The van der Waals surface area contributed by atoms with Crippen LogP contribution in [-0.4, -0.2) is 11.3 Å². The van der Waals surface area contributed by atoms with Gasteiger partial charge in [0.1, 0.15) is 6.29 Å². The van der Waals surface area contributed by atoms with Crippen molar-refractivity contribution >= 4 is 17.2 Å². The Labute approximate surface area is 95.1 Å². The molecule has 2 rings (SSSR count). The minimum absolute atomic E-state index is 0.0884. The molecular weight excluding hydrogens is 222 g/mol. The Morgan fingerprint density at radius 1 is 1.35 bits per heavy atom. The van der Waals surface area contributed by atoms with E-state index in [1.165, 1.54) is 0 Å². The molecule has 0 atom stereocenters. The Kier molecular flexibility index (Phi) is 2.88. The predicted molar refractivity (Wildman–Crippen MR) is 60.7 cm³/mol. The first-order chi connectivity index (χ1) is 8.22. The fourth-order valence-corrected chi connectivity index (χ4v) is 1.44. The molecule has 2 aromatic rings. The van der Waals surface area contributed by atoms with Gasteiger partial charge in [0.25, 0.3) is 0 Å². The molecule has 0 unspecified atom stereocenters. The van der Waals surface area contributed by atoms with E-state index in [9.17, 15) is 14.4 Å². The summed E-state index contributed by atoms with van der Waals surface area (Å²) < 4.78 is 4.43. The quantitative estimate of drug-likeness (QED) is 0.567. The van der Waals surface area contributed by atoms with Gasteiger partial charge in [0.15, 0.2) is 0 Å². The van der Waals surface area contributed by atoms with Crippen LogP contribution in [0.5, 0.6) is 0 Å². The van der Waals surface area contributed by atoms with Crippen molar-refractivity contribution in [3.05, 3.63) is 44.7 Å². The standard InChI is InChI=1S/C12H7NO4/c14-7-2-1-4-8-5-3-6-9-10(8)11(15)17-12(16)13-9/h3,5-7H,2H2,(H,13,16). The Morgan fingerprint density at radius 2 is 2.18 bits per heavy atom. The molecule has 0 aliphatic rings. The van der Waals surface area contributed by atoms with E-state index in [0.717, 1.165) is 0 Å². The number of nitrogens with one attached hydrogen (secondary N) is 1. The lowest BCUT2D eigenvalue weighted by atomic mass is 10.1. The number of hydrogen-bond acceptors (Lipinski definition) is 4. The molecule has 1 aromatic heterocycles. The highest BCUT2D eigenvalue weighted by Crippen LogP contribution is 2.10. The summed E-state index contributed by atoms with van der Waals surface area (Å²) in [5.41, 5.74) is 0.0539. The van der Waals surface area contributed by atoms with Gasteiger partial charge >= 0.3 is 11.4 Å². The van der Waals surface area contributed by atoms with Crippen LogP contribution in [0.25, 0.3) is 10.9 Å². The predicted octanol–water partition coefficient (Wildman–Crippen LogP) is 0.422. The average molecular weight is 229 g/mol. The summed E-state index contributed by atoms with van der Waals surface area (Å²) in [4.78, 5) is 35.0. The van der Waals surface area contributed by atoms with Crippen molar-refractivity contribution in [2.24, 2.45) is 0 Å². The fourth-order valence-electron chi connectivity index (χ4n) is 1.44. The normalized spacial score (nSPS) is 9.65. The molecule has 84 valence electrons. The number of aromatic nitrogens is 1. The molecule has 0 radical (unpaired) electrons. The first-order valence-electron chi connectivity index (χ1n) is 4.81. The molecular formula is C12H7NO4. The van der Waals surface area contributed by atoms with E-state index in [1.807, 2.05) is 0 Å². The second kappa shape index (κ2) is 4.49. The maximum atomic E-state index is 11.5. The molecule has 5 nitrogen and oxygen atoms in total. The average Bonchev–Trinajstić information content (AvgIpc) is 2.28. The summed E-state index contributed by atoms with van der Waals surface area (Å²) in [6.07, 6.45) is 0.758.